The van der Waals surface area contributed by atoms with Crippen molar-refractivity contribution in [2.75, 3.05) is 11.9 Å². The fourth-order valence-corrected chi connectivity index (χ4v) is 4.04. The van der Waals surface area contributed by atoms with Gasteiger partial charge in [-0.05, 0) is 37.3 Å². The number of hydrogen-bond donors (Lipinski definition) is 2. The molecule has 1 aliphatic carbocycles. The molecule has 0 bridgehead atoms. The largest absolute Gasteiger partial charge is 0.383 e. The van der Waals surface area contributed by atoms with E-state index in [1.807, 2.05) is 29.9 Å². The summed E-state index contributed by atoms with van der Waals surface area (Å²) in [5, 5.41) is 11.9. The van der Waals surface area contributed by atoms with Crippen molar-refractivity contribution in [3.8, 4) is 0 Å². The zero-order valence-electron chi connectivity index (χ0n) is 16.9. The summed E-state index contributed by atoms with van der Waals surface area (Å²) in [6.45, 7) is 4.09. The molecule has 0 unspecified atom stereocenters. The molecule has 1 amide bonds. The Morgan fingerprint density at radius 2 is 2.07 bits per heavy atom. The lowest BCUT2D eigenvalue weighted by atomic mass is 9.89. The Hall–Kier alpha value is -2.96. The second-order valence-corrected chi connectivity index (χ2v) is 7.67. The molecular weight excluding hydrogens is 364 g/mol. The van der Waals surface area contributed by atoms with Gasteiger partial charge < -0.3 is 10.6 Å². The summed E-state index contributed by atoms with van der Waals surface area (Å²) < 4.78 is 1.86. The van der Waals surface area contributed by atoms with Crippen LogP contribution in [-0.2, 0) is 13.1 Å². The minimum Gasteiger partial charge on any atom is -0.383 e. The van der Waals surface area contributed by atoms with Crippen LogP contribution < -0.4 is 10.6 Å². The predicted molar refractivity (Wildman–Crippen MR) is 114 cm³/mol. The van der Waals surface area contributed by atoms with E-state index < -0.39 is 0 Å². The van der Waals surface area contributed by atoms with Gasteiger partial charge in [0.05, 0.1) is 22.8 Å². The van der Waals surface area contributed by atoms with Crippen LogP contribution in [0.3, 0.4) is 0 Å². The zero-order valence-corrected chi connectivity index (χ0v) is 16.9. The Bertz CT molecular complexity index is 962. The van der Waals surface area contributed by atoms with Gasteiger partial charge >= 0.3 is 0 Å². The molecule has 3 heterocycles. The van der Waals surface area contributed by atoms with Crippen molar-refractivity contribution >= 4 is 22.6 Å². The van der Waals surface area contributed by atoms with Gasteiger partial charge in [0.25, 0.3) is 5.91 Å². The van der Waals surface area contributed by atoms with E-state index >= 15 is 0 Å². The summed E-state index contributed by atoms with van der Waals surface area (Å²) in [7, 11) is 0. The Labute approximate surface area is 170 Å². The van der Waals surface area contributed by atoms with Crippen molar-refractivity contribution in [1.29, 1.82) is 0 Å². The first-order chi connectivity index (χ1) is 14.3. The molecular formula is C22H28N6O. The van der Waals surface area contributed by atoms with Crippen LogP contribution in [0, 0.1) is 5.92 Å². The number of aromatic nitrogens is 4. The molecule has 152 valence electrons. The van der Waals surface area contributed by atoms with Crippen LogP contribution in [0.25, 0.3) is 11.0 Å². The maximum atomic E-state index is 13.0. The smallest absolute Gasteiger partial charge is 0.255 e. The summed E-state index contributed by atoms with van der Waals surface area (Å²) in [5.41, 5.74) is 3.17. The molecule has 2 N–H and O–H groups in total. The van der Waals surface area contributed by atoms with E-state index in [0.29, 0.717) is 18.0 Å². The van der Waals surface area contributed by atoms with Gasteiger partial charge in [-0.25, -0.2) is 9.67 Å². The molecule has 0 aliphatic heterocycles. The van der Waals surface area contributed by atoms with Crippen LogP contribution >= 0.6 is 0 Å². The average molecular weight is 393 g/mol. The molecule has 3 aromatic heterocycles. The molecule has 29 heavy (non-hydrogen) atoms. The lowest BCUT2D eigenvalue weighted by molar-refractivity contribution is 0.0951. The molecule has 1 saturated carbocycles. The summed E-state index contributed by atoms with van der Waals surface area (Å²) in [4.78, 5) is 21.6. The minimum atomic E-state index is -0.140. The lowest BCUT2D eigenvalue weighted by Gasteiger charge is -2.23. The standard InChI is InChI=1S/C22H28N6O/c1-2-28-21-18(15-27-28)20(24-12-16-7-4-3-5-8-16)19(14-25-21)22(29)26-13-17-9-6-10-23-11-17/h6,9-11,14-16H,2-5,7-8,12-13H2,1H3,(H,24,25)(H,26,29). The van der Waals surface area contributed by atoms with Crippen LogP contribution in [0.5, 0.6) is 0 Å². The molecule has 0 radical (unpaired) electrons. The Balaban J connectivity index is 1.58. The van der Waals surface area contributed by atoms with Crippen molar-refractivity contribution in [2.45, 2.75) is 52.1 Å². The van der Waals surface area contributed by atoms with Gasteiger partial charge in [-0.2, -0.15) is 5.10 Å². The van der Waals surface area contributed by atoms with Crippen LogP contribution in [0.1, 0.15) is 54.9 Å². The second kappa shape index (κ2) is 9.03. The van der Waals surface area contributed by atoms with Gasteiger partial charge in [-0.1, -0.05) is 25.3 Å². The number of rotatable bonds is 7. The van der Waals surface area contributed by atoms with Gasteiger partial charge in [-0.15, -0.1) is 0 Å². The van der Waals surface area contributed by atoms with Crippen LogP contribution in [-0.4, -0.2) is 32.2 Å². The topological polar surface area (TPSA) is 84.7 Å². The predicted octanol–water partition coefficient (Wildman–Crippen LogP) is 3.77. The molecule has 7 nitrogen and oxygen atoms in total. The Morgan fingerprint density at radius 1 is 1.21 bits per heavy atom. The van der Waals surface area contributed by atoms with Crippen LogP contribution in [0.15, 0.2) is 36.9 Å². The van der Waals surface area contributed by atoms with E-state index in [1.165, 1.54) is 32.1 Å². The third-order valence-electron chi connectivity index (χ3n) is 5.68. The maximum absolute atomic E-state index is 13.0. The van der Waals surface area contributed by atoms with Crippen LogP contribution in [0.2, 0.25) is 0 Å². The summed E-state index contributed by atoms with van der Waals surface area (Å²) >= 11 is 0. The number of amides is 1. The number of pyridine rings is 2. The molecule has 0 saturated heterocycles. The molecule has 1 fully saturated rings. The highest BCUT2D eigenvalue weighted by molar-refractivity contribution is 6.06. The Kier molecular flexibility index (Phi) is 6.03. The van der Waals surface area contributed by atoms with Crippen molar-refractivity contribution in [3.63, 3.8) is 0 Å². The van der Waals surface area contributed by atoms with E-state index in [2.05, 4.69) is 25.7 Å². The SMILES string of the molecule is CCn1ncc2c(NCC3CCCCC3)c(C(=O)NCc3cccnc3)cnc21. The molecule has 0 aromatic carbocycles. The number of fused-ring (bicyclic) bond motifs is 1. The quantitative estimate of drug-likeness (QED) is 0.639. The van der Waals surface area contributed by atoms with Gasteiger partial charge in [0.2, 0.25) is 0 Å². The number of nitrogens with zero attached hydrogens (tertiary/aromatic N) is 4. The Morgan fingerprint density at radius 3 is 2.83 bits per heavy atom. The molecule has 0 spiro atoms. The number of carbonyl (C=O) groups excluding carboxylic acids is 1. The van der Waals surface area contributed by atoms with Gasteiger partial charge in [0.1, 0.15) is 0 Å². The number of nitrogens with one attached hydrogen (secondary N) is 2. The first kappa shape index (κ1) is 19.4. The van der Waals surface area contributed by atoms with E-state index in [0.717, 1.165) is 35.4 Å². The molecule has 4 rings (SSSR count). The third-order valence-corrected chi connectivity index (χ3v) is 5.68. The highest BCUT2D eigenvalue weighted by Crippen LogP contribution is 2.29. The van der Waals surface area contributed by atoms with Crippen molar-refractivity contribution < 1.29 is 4.79 Å². The fourth-order valence-electron chi connectivity index (χ4n) is 4.04. The van der Waals surface area contributed by atoms with Crippen LogP contribution in [0.4, 0.5) is 5.69 Å². The minimum absolute atomic E-state index is 0.140. The number of aryl methyl sites for hydroxylation is 1. The summed E-state index contributed by atoms with van der Waals surface area (Å²) in [6.07, 6.45) is 13.4. The molecule has 7 heteroatoms. The first-order valence-corrected chi connectivity index (χ1v) is 10.5. The first-order valence-electron chi connectivity index (χ1n) is 10.5. The molecule has 0 atom stereocenters. The second-order valence-electron chi connectivity index (χ2n) is 7.67. The summed E-state index contributed by atoms with van der Waals surface area (Å²) in [6, 6.07) is 3.81. The highest BCUT2D eigenvalue weighted by atomic mass is 16.1. The number of carbonyl (C=O) groups is 1. The van der Waals surface area contributed by atoms with E-state index in [1.54, 1.807) is 18.6 Å². The fraction of sp³-hybridized carbons (Fsp3) is 0.455. The number of hydrogen-bond acceptors (Lipinski definition) is 5. The normalized spacial score (nSPS) is 14.8. The van der Waals surface area contributed by atoms with Gasteiger partial charge in [0.15, 0.2) is 5.65 Å². The van der Waals surface area contributed by atoms with Gasteiger partial charge in [0, 0.05) is 38.2 Å². The molecule has 1 aliphatic rings. The number of anilines is 1. The maximum Gasteiger partial charge on any atom is 0.255 e. The van der Waals surface area contributed by atoms with Gasteiger partial charge in [-0.3, -0.25) is 9.78 Å². The lowest BCUT2D eigenvalue weighted by Crippen LogP contribution is -2.25. The van der Waals surface area contributed by atoms with Crippen molar-refractivity contribution in [1.82, 2.24) is 25.1 Å². The average Bonchev–Trinajstić information content (AvgIpc) is 3.20. The zero-order chi connectivity index (χ0) is 20.1. The van der Waals surface area contributed by atoms with E-state index in [9.17, 15) is 4.79 Å². The summed E-state index contributed by atoms with van der Waals surface area (Å²) in [5.74, 6) is 0.512. The molecule has 3 aromatic rings. The highest BCUT2D eigenvalue weighted by Gasteiger charge is 2.20. The van der Waals surface area contributed by atoms with E-state index in [4.69, 9.17) is 0 Å². The van der Waals surface area contributed by atoms with Crippen molar-refractivity contribution in [2.24, 2.45) is 5.92 Å². The third kappa shape index (κ3) is 4.39. The van der Waals surface area contributed by atoms with E-state index in [-0.39, 0.29) is 5.91 Å². The van der Waals surface area contributed by atoms with Crippen molar-refractivity contribution in [3.05, 3.63) is 48.0 Å². The monoisotopic (exact) mass is 392 g/mol.